The van der Waals surface area contributed by atoms with Gasteiger partial charge in [0, 0.05) is 11.6 Å². The van der Waals surface area contributed by atoms with Crippen LogP contribution in [0.25, 0.3) is 11.0 Å². The Morgan fingerprint density at radius 3 is 3.00 bits per heavy atom. The summed E-state index contributed by atoms with van der Waals surface area (Å²) in [6.07, 6.45) is 4.23. The van der Waals surface area contributed by atoms with Crippen molar-refractivity contribution in [2.75, 3.05) is 0 Å². The van der Waals surface area contributed by atoms with Crippen molar-refractivity contribution < 1.29 is 4.79 Å². The monoisotopic (exact) mass is 220 g/mol. The van der Waals surface area contributed by atoms with Crippen LogP contribution in [-0.4, -0.2) is 15.2 Å². The predicted molar refractivity (Wildman–Crippen MR) is 58.3 cm³/mol. The second-order valence-corrected chi connectivity index (χ2v) is 4.24. The molecule has 0 atom stereocenters. The summed E-state index contributed by atoms with van der Waals surface area (Å²) in [6, 6.07) is 3.82. The molecule has 1 aliphatic carbocycles. The number of nitrogens with one attached hydrogen (secondary N) is 1. The molecular formula is C11H9ClN2O. The molecule has 0 unspecified atom stereocenters. The van der Waals surface area contributed by atoms with Crippen molar-refractivity contribution in [2.45, 2.75) is 18.8 Å². The normalized spacial score (nSPS) is 15.8. The van der Waals surface area contributed by atoms with Crippen LogP contribution in [0.4, 0.5) is 0 Å². The molecule has 2 heterocycles. The Balaban J connectivity index is 2.24. The van der Waals surface area contributed by atoms with E-state index >= 15 is 0 Å². The lowest BCUT2D eigenvalue weighted by Crippen LogP contribution is -1.86. The third-order valence-corrected chi connectivity index (χ3v) is 3.00. The van der Waals surface area contributed by atoms with Crippen LogP contribution in [-0.2, 0) is 0 Å². The zero-order valence-corrected chi connectivity index (χ0v) is 8.71. The highest BCUT2D eigenvalue weighted by molar-refractivity contribution is 6.67. The van der Waals surface area contributed by atoms with Crippen LogP contribution in [0.5, 0.6) is 0 Å². The maximum Gasteiger partial charge on any atom is 0.268 e. The number of hydrogen-bond acceptors (Lipinski definition) is 2. The van der Waals surface area contributed by atoms with Gasteiger partial charge in [0.1, 0.15) is 11.3 Å². The fraction of sp³-hybridized carbons (Fsp3) is 0.273. The lowest BCUT2D eigenvalue weighted by molar-refractivity contribution is 0.107. The number of carbonyl (C=O) groups is 1. The Bertz CT molecular complexity index is 543. The summed E-state index contributed by atoms with van der Waals surface area (Å²) < 4.78 is 0. The molecule has 0 aromatic carbocycles. The van der Waals surface area contributed by atoms with Crippen molar-refractivity contribution in [3.63, 3.8) is 0 Å². The van der Waals surface area contributed by atoms with Gasteiger partial charge < -0.3 is 4.98 Å². The van der Waals surface area contributed by atoms with Gasteiger partial charge in [-0.05, 0) is 48.1 Å². The van der Waals surface area contributed by atoms with Gasteiger partial charge in [-0.15, -0.1) is 0 Å². The lowest BCUT2D eigenvalue weighted by atomic mass is 10.1. The van der Waals surface area contributed by atoms with Gasteiger partial charge in [0.05, 0.1) is 0 Å². The molecule has 1 fully saturated rings. The molecule has 3 rings (SSSR count). The number of halogens is 1. The summed E-state index contributed by atoms with van der Waals surface area (Å²) in [6.45, 7) is 0. The molecule has 2 aromatic heterocycles. The number of H-pyrrole nitrogens is 1. The molecule has 0 amide bonds. The van der Waals surface area contributed by atoms with E-state index in [-0.39, 0.29) is 0 Å². The zero-order valence-electron chi connectivity index (χ0n) is 7.96. The Labute approximate surface area is 91.5 Å². The van der Waals surface area contributed by atoms with E-state index in [2.05, 4.69) is 9.97 Å². The van der Waals surface area contributed by atoms with Gasteiger partial charge >= 0.3 is 0 Å². The van der Waals surface area contributed by atoms with Crippen molar-refractivity contribution in [2.24, 2.45) is 0 Å². The average Bonchev–Trinajstić information content (AvgIpc) is 2.95. The highest BCUT2D eigenvalue weighted by atomic mass is 35.5. The fourth-order valence-corrected chi connectivity index (χ4v) is 2.01. The van der Waals surface area contributed by atoms with E-state index in [1.165, 1.54) is 18.4 Å². The van der Waals surface area contributed by atoms with Crippen molar-refractivity contribution in [3.05, 3.63) is 29.6 Å². The highest BCUT2D eigenvalue weighted by Gasteiger charge is 2.26. The molecule has 15 heavy (non-hydrogen) atoms. The van der Waals surface area contributed by atoms with Crippen LogP contribution in [0, 0.1) is 0 Å². The molecule has 76 valence electrons. The van der Waals surface area contributed by atoms with Gasteiger partial charge in [0.15, 0.2) is 0 Å². The van der Waals surface area contributed by atoms with Crippen LogP contribution in [0.15, 0.2) is 18.3 Å². The average molecular weight is 221 g/mol. The summed E-state index contributed by atoms with van der Waals surface area (Å²) >= 11 is 5.42. The second kappa shape index (κ2) is 3.07. The number of carbonyl (C=O) groups excluding carboxylic acids is 1. The smallest absolute Gasteiger partial charge is 0.268 e. The number of aromatic nitrogens is 2. The summed E-state index contributed by atoms with van der Waals surface area (Å²) in [5.41, 5.74) is 2.45. The molecule has 2 aromatic rings. The number of aromatic amines is 1. The van der Waals surface area contributed by atoms with E-state index in [0.717, 1.165) is 11.0 Å². The van der Waals surface area contributed by atoms with Crippen LogP contribution in [0.3, 0.4) is 0 Å². The largest absolute Gasteiger partial charge is 0.336 e. The third kappa shape index (κ3) is 1.43. The predicted octanol–water partition coefficient (Wildman–Crippen LogP) is 2.82. The van der Waals surface area contributed by atoms with Gasteiger partial charge in [-0.25, -0.2) is 4.98 Å². The van der Waals surface area contributed by atoms with Gasteiger partial charge in [-0.1, -0.05) is 0 Å². The van der Waals surface area contributed by atoms with Gasteiger partial charge in [-0.2, -0.15) is 0 Å². The minimum absolute atomic E-state index is 0.423. The molecule has 0 radical (unpaired) electrons. The first-order chi connectivity index (χ1) is 7.25. The standard InChI is InChI=1S/C11H9ClN2O/c12-10(15)9-5-8-7(6-1-2-6)3-4-13-11(8)14-9/h3-6H,1-2H2,(H,13,14). The number of hydrogen-bond donors (Lipinski definition) is 1. The van der Waals surface area contributed by atoms with E-state index in [9.17, 15) is 4.79 Å². The van der Waals surface area contributed by atoms with E-state index in [0.29, 0.717) is 11.6 Å². The Kier molecular flexibility index (Phi) is 1.83. The van der Waals surface area contributed by atoms with Crippen molar-refractivity contribution in [1.82, 2.24) is 9.97 Å². The summed E-state index contributed by atoms with van der Waals surface area (Å²) in [7, 11) is 0. The van der Waals surface area contributed by atoms with E-state index in [1.807, 2.05) is 6.07 Å². The third-order valence-electron chi connectivity index (χ3n) is 2.79. The van der Waals surface area contributed by atoms with Crippen molar-refractivity contribution in [3.8, 4) is 0 Å². The quantitative estimate of drug-likeness (QED) is 0.791. The number of fused-ring (bicyclic) bond motifs is 1. The van der Waals surface area contributed by atoms with Crippen molar-refractivity contribution >= 4 is 27.9 Å². The molecule has 0 bridgehead atoms. The Morgan fingerprint density at radius 2 is 2.33 bits per heavy atom. The SMILES string of the molecule is O=C(Cl)c1cc2c(C3CC3)ccnc2[nH]1. The van der Waals surface area contributed by atoms with Gasteiger partial charge in [0.2, 0.25) is 0 Å². The molecule has 4 heteroatoms. The molecule has 1 saturated carbocycles. The molecular weight excluding hydrogens is 212 g/mol. The summed E-state index contributed by atoms with van der Waals surface area (Å²) in [5, 5.41) is 0.568. The van der Waals surface area contributed by atoms with E-state index in [1.54, 1.807) is 12.3 Å². The summed E-state index contributed by atoms with van der Waals surface area (Å²) in [5.74, 6) is 0.643. The van der Waals surface area contributed by atoms with Gasteiger partial charge in [0.25, 0.3) is 5.24 Å². The van der Waals surface area contributed by atoms with Crippen LogP contribution in [0.2, 0.25) is 0 Å². The number of rotatable bonds is 2. The topological polar surface area (TPSA) is 45.8 Å². The minimum Gasteiger partial charge on any atom is -0.336 e. The molecule has 0 saturated heterocycles. The maximum absolute atomic E-state index is 11.0. The van der Waals surface area contributed by atoms with Crippen molar-refractivity contribution in [1.29, 1.82) is 0 Å². The zero-order chi connectivity index (χ0) is 10.4. The molecule has 0 aliphatic heterocycles. The van der Waals surface area contributed by atoms with E-state index in [4.69, 9.17) is 11.6 Å². The second-order valence-electron chi connectivity index (χ2n) is 3.89. The summed E-state index contributed by atoms with van der Waals surface area (Å²) in [4.78, 5) is 18.1. The van der Waals surface area contributed by atoms with Crippen LogP contribution < -0.4 is 0 Å². The first kappa shape index (κ1) is 8.92. The van der Waals surface area contributed by atoms with E-state index < -0.39 is 5.24 Å². The first-order valence-corrected chi connectivity index (χ1v) is 5.31. The molecule has 3 nitrogen and oxygen atoms in total. The maximum atomic E-state index is 11.0. The Hall–Kier alpha value is -1.35. The number of pyridine rings is 1. The highest BCUT2D eigenvalue weighted by Crippen LogP contribution is 2.42. The minimum atomic E-state index is -0.463. The number of nitrogens with zero attached hydrogens (tertiary/aromatic N) is 1. The van der Waals surface area contributed by atoms with Crippen LogP contribution >= 0.6 is 11.6 Å². The van der Waals surface area contributed by atoms with Gasteiger partial charge in [-0.3, -0.25) is 4.79 Å². The van der Waals surface area contributed by atoms with Crippen LogP contribution in [0.1, 0.15) is 34.8 Å². The molecule has 1 aliphatic rings. The Morgan fingerprint density at radius 1 is 1.53 bits per heavy atom. The first-order valence-electron chi connectivity index (χ1n) is 4.93. The molecule has 1 N–H and O–H groups in total. The lowest BCUT2D eigenvalue weighted by Gasteiger charge is -1.97. The molecule has 0 spiro atoms. The fourth-order valence-electron chi connectivity index (χ4n) is 1.90.